The van der Waals surface area contributed by atoms with Gasteiger partial charge < -0.3 is 20.3 Å². The lowest BCUT2D eigenvalue weighted by Gasteiger charge is -2.37. The highest BCUT2D eigenvalue weighted by Crippen LogP contribution is 2.29. The molecule has 0 spiro atoms. The van der Waals surface area contributed by atoms with E-state index in [0.29, 0.717) is 53.2 Å². The molecule has 3 rings (SSSR count). The molecule has 2 aromatic carbocycles. The Kier molecular flexibility index (Phi) is 6.18. The Morgan fingerprint density at radius 3 is 2.54 bits per heavy atom. The number of nitrogens with two attached hydrogens (primary N) is 1. The number of nitriles is 1. The molecule has 1 aliphatic rings. The number of benzene rings is 2. The Morgan fingerprint density at radius 2 is 1.89 bits per heavy atom. The van der Waals surface area contributed by atoms with Crippen LogP contribution in [-0.2, 0) is 4.79 Å². The fourth-order valence-electron chi connectivity index (χ4n) is 3.16. The maximum Gasteiger partial charge on any atom is 0.263 e. The molecule has 1 fully saturated rings. The van der Waals surface area contributed by atoms with E-state index < -0.39 is 6.10 Å². The lowest BCUT2D eigenvalue weighted by atomic mass is 10.1. The topological polar surface area (TPSA) is 82.6 Å². The zero-order valence-electron chi connectivity index (χ0n) is 15.4. The molecule has 1 unspecified atom stereocenters. The van der Waals surface area contributed by atoms with E-state index in [2.05, 4.69) is 11.0 Å². The second-order valence-electron chi connectivity index (χ2n) is 6.54. The Bertz CT molecular complexity index is 921. The van der Waals surface area contributed by atoms with Gasteiger partial charge in [-0.2, -0.15) is 5.26 Å². The van der Waals surface area contributed by atoms with Crippen molar-refractivity contribution in [3.8, 4) is 11.8 Å². The fourth-order valence-corrected chi connectivity index (χ4v) is 3.61. The van der Waals surface area contributed by atoms with Gasteiger partial charge in [-0.3, -0.25) is 4.79 Å². The van der Waals surface area contributed by atoms with Crippen molar-refractivity contribution in [3.05, 3.63) is 52.0 Å². The van der Waals surface area contributed by atoms with Crippen molar-refractivity contribution >= 4 is 40.5 Å². The van der Waals surface area contributed by atoms with E-state index in [9.17, 15) is 10.1 Å². The molecule has 0 saturated carbocycles. The van der Waals surface area contributed by atoms with E-state index >= 15 is 0 Å². The number of anilines is 2. The van der Waals surface area contributed by atoms with Gasteiger partial charge in [0.05, 0.1) is 16.3 Å². The molecule has 2 aromatic rings. The molecular weight excluding hydrogens is 399 g/mol. The molecule has 2 N–H and O–H groups in total. The van der Waals surface area contributed by atoms with Crippen LogP contribution in [0, 0.1) is 11.3 Å². The third-order valence-electron chi connectivity index (χ3n) is 4.62. The van der Waals surface area contributed by atoms with Gasteiger partial charge >= 0.3 is 0 Å². The second-order valence-corrected chi connectivity index (χ2v) is 7.38. The standard InChI is InChI=1S/C20H20Cl2N4O2/c1-13(28-19-5-2-15(21)11-17(19)22)20(27)26-8-6-25(7-9-26)18-4-3-16(24)10-14(18)12-23/h2-5,10-11,13H,6-9,24H2,1H3. The van der Waals surface area contributed by atoms with Gasteiger partial charge in [0.25, 0.3) is 5.91 Å². The number of carbonyl (C=O) groups is 1. The average molecular weight is 419 g/mol. The summed E-state index contributed by atoms with van der Waals surface area (Å²) in [5.74, 6) is 0.314. The summed E-state index contributed by atoms with van der Waals surface area (Å²) in [6.45, 7) is 4.02. The molecule has 6 nitrogen and oxygen atoms in total. The van der Waals surface area contributed by atoms with E-state index in [1.807, 2.05) is 6.07 Å². The third kappa shape index (κ3) is 4.44. The predicted octanol–water partition coefficient (Wildman–Crippen LogP) is 3.56. The van der Waals surface area contributed by atoms with Crippen molar-refractivity contribution in [2.45, 2.75) is 13.0 Å². The third-order valence-corrected chi connectivity index (χ3v) is 5.15. The van der Waals surface area contributed by atoms with Crippen LogP contribution >= 0.6 is 23.2 Å². The largest absolute Gasteiger partial charge is 0.479 e. The van der Waals surface area contributed by atoms with E-state index in [4.69, 9.17) is 33.7 Å². The van der Waals surface area contributed by atoms with E-state index in [1.54, 1.807) is 42.2 Å². The molecule has 8 heteroatoms. The molecule has 0 radical (unpaired) electrons. The van der Waals surface area contributed by atoms with Crippen molar-refractivity contribution in [3.63, 3.8) is 0 Å². The minimum atomic E-state index is -0.670. The Balaban J connectivity index is 1.61. The van der Waals surface area contributed by atoms with Gasteiger partial charge in [0.1, 0.15) is 11.8 Å². The highest BCUT2D eigenvalue weighted by Gasteiger charge is 2.27. The lowest BCUT2D eigenvalue weighted by Crippen LogP contribution is -2.52. The molecule has 1 amide bonds. The van der Waals surface area contributed by atoms with Crippen LogP contribution in [0.25, 0.3) is 0 Å². The number of nitrogen functional groups attached to an aromatic ring is 1. The van der Waals surface area contributed by atoms with Gasteiger partial charge in [0, 0.05) is 36.9 Å². The fraction of sp³-hybridized carbons (Fsp3) is 0.300. The number of hydrogen-bond donors (Lipinski definition) is 1. The first kappa shape index (κ1) is 20.1. The summed E-state index contributed by atoms with van der Waals surface area (Å²) in [5, 5.41) is 10.2. The molecule has 0 bridgehead atoms. The normalized spacial score (nSPS) is 15.1. The van der Waals surface area contributed by atoms with Crippen LogP contribution in [0.2, 0.25) is 10.0 Å². The minimum absolute atomic E-state index is 0.108. The van der Waals surface area contributed by atoms with Gasteiger partial charge in [0.15, 0.2) is 6.10 Å². The van der Waals surface area contributed by atoms with Crippen LogP contribution in [0.4, 0.5) is 11.4 Å². The maximum absolute atomic E-state index is 12.7. The number of carbonyl (C=O) groups excluding carboxylic acids is 1. The monoisotopic (exact) mass is 418 g/mol. The van der Waals surface area contributed by atoms with Crippen LogP contribution in [0.15, 0.2) is 36.4 Å². The maximum atomic E-state index is 12.7. The molecular formula is C20H20Cl2N4O2. The summed E-state index contributed by atoms with van der Waals surface area (Å²) >= 11 is 12.0. The Morgan fingerprint density at radius 1 is 1.18 bits per heavy atom. The average Bonchev–Trinajstić information content (AvgIpc) is 2.69. The Labute approximate surface area is 174 Å². The molecule has 1 saturated heterocycles. The number of halogens is 2. The number of nitrogens with zero attached hydrogens (tertiary/aromatic N) is 3. The van der Waals surface area contributed by atoms with Gasteiger partial charge in [-0.05, 0) is 43.3 Å². The predicted molar refractivity (Wildman–Crippen MR) is 111 cm³/mol. The van der Waals surface area contributed by atoms with Crippen molar-refractivity contribution in [2.24, 2.45) is 0 Å². The minimum Gasteiger partial charge on any atom is -0.479 e. The summed E-state index contributed by atoms with van der Waals surface area (Å²) < 4.78 is 5.72. The number of piperazine rings is 1. The lowest BCUT2D eigenvalue weighted by molar-refractivity contribution is -0.138. The molecule has 1 aliphatic heterocycles. The van der Waals surface area contributed by atoms with Crippen molar-refractivity contribution in [1.82, 2.24) is 4.90 Å². The summed E-state index contributed by atoms with van der Waals surface area (Å²) in [6.07, 6.45) is -0.670. The molecule has 146 valence electrons. The molecule has 1 heterocycles. The zero-order valence-corrected chi connectivity index (χ0v) is 16.9. The molecule has 0 aliphatic carbocycles. The first-order valence-electron chi connectivity index (χ1n) is 8.84. The SMILES string of the molecule is CC(Oc1ccc(Cl)cc1Cl)C(=O)N1CCN(c2ccc(N)cc2C#N)CC1. The van der Waals surface area contributed by atoms with Crippen LogP contribution < -0.4 is 15.4 Å². The van der Waals surface area contributed by atoms with Crippen LogP contribution in [-0.4, -0.2) is 43.1 Å². The van der Waals surface area contributed by atoms with Gasteiger partial charge in [-0.1, -0.05) is 23.2 Å². The van der Waals surface area contributed by atoms with Crippen LogP contribution in [0.5, 0.6) is 5.75 Å². The second kappa shape index (κ2) is 8.59. The van der Waals surface area contributed by atoms with Crippen molar-refractivity contribution in [1.29, 1.82) is 5.26 Å². The highest BCUT2D eigenvalue weighted by molar-refractivity contribution is 6.35. The summed E-state index contributed by atoms with van der Waals surface area (Å²) in [6, 6.07) is 12.4. The molecule has 0 aromatic heterocycles. The smallest absolute Gasteiger partial charge is 0.263 e. The van der Waals surface area contributed by atoms with E-state index in [1.165, 1.54) is 0 Å². The number of hydrogen-bond acceptors (Lipinski definition) is 5. The number of ether oxygens (including phenoxy) is 1. The summed E-state index contributed by atoms with van der Waals surface area (Å²) in [7, 11) is 0. The van der Waals surface area contributed by atoms with Crippen molar-refractivity contribution < 1.29 is 9.53 Å². The Hall–Kier alpha value is -2.62. The zero-order chi connectivity index (χ0) is 20.3. The van der Waals surface area contributed by atoms with Gasteiger partial charge in [-0.15, -0.1) is 0 Å². The van der Waals surface area contributed by atoms with Gasteiger partial charge in [-0.25, -0.2) is 0 Å². The summed E-state index contributed by atoms with van der Waals surface area (Å²) in [5.41, 5.74) is 7.68. The number of rotatable bonds is 4. The quantitative estimate of drug-likeness (QED) is 0.767. The summed E-state index contributed by atoms with van der Waals surface area (Å²) in [4.78, 5) is 16.6. The number of amides is 1. The van der Waals surface area contributed by atoms with Gasteiger partial charge in [0.2, 0.25) is 0 Å². The van der Waals surface area contributed by atoms with Crippen LogP contribution in [0.1, 0.15) is 12.5 Å². The van der Waals surface area contributed by atoms with Crippen LogP contribution in [0.3, 0.4) is 0 Å². The van der Waals surface area contributed by atoms with E-state index in [0.717, 1.165) is 5.69 Å². The molecule has 1 atom stereocenters. The highest BCUT2D eigenvalue weighted by atomic mass is 35.5. The molecule has 28 heavy (non-hydrogen) atoms. The van der Waals surface area contributed by atoms with E-state index in [-0.39, 0.29) is 5.91 Å². The van der Waals surface area contributed by atoms with Crippen molar-refractivity contribution in [2.75, 3.05) is 36.8 Å². The first-order chi connectivity index (χ1) is 13.4. The first-order valence-corrected chi connectivity index (χ1v) is 9.59.